The number of hydrogen-bond donors (Lipinski definition) is 0. The highest BCUT2D eigenvalue weighted by atomic mass is 32.1. The molecule has 0 aromatic carbocycles. The average molecular weight is 329 g/mol. The van der Waals surface area contributed by atoms with Gasteiger partial charge in [0.15, 0.2) is 0 Å². The normalized spacial score (nSPS) is 15.4. The number of aromatic nitrogens is 2. The van der Waals surface area contributed by atoms with E-state index in [4.69, 9.17) is 0 Å². The molecule has 1 saturated heterocycles. The second-order valence-electron chi connectivity index (χ2n) is 6.05. The number of thiazole rings is 1. The Kier molecular flexibility index (Phi) is 5.39. The van der Waals surface area contributed by atoms with E-state index in [-0.39, 0.29) is 5.91 Å². The summed E-state index contributed by atoms with van der Waals surface area (Å²) in [6.07, 6.45) is 8.24. The summed E-state index contributed by atoms with van der Waals surface area (Å²) in [6.45, 7) is 3.73. The predicted molar refractivity (Wildman–Crippen MR) is 92.9 cm³/mol. The first-order valence-corrected chi connectivity index (χ1v) is 9.21. The Balaban J connectivity index is 1.66. The number of pyridine rings is 1. The van der Waals surface area contributed by atoms with E-state index in [1.807, 2.05) is 36.2 Å². The number of hydrogen-bond acceptors (Lipinski definition) is 4. The van der Waals surface area contributed by atoms with Crippen molar-refractivity contribution in [2.75, 3.05) is 13.1 Å². The minimum atomic E-state index is 0.172. The van der Waals surface area contributed by atoms with Crippen molar-refractivity contribution >= 4 is 17.2 Å². The third kappa shape index (κ3) is 4.16. The summed E-state index contributed by atoms with van der Waals surface area (Å²) in [5.41, 5.74) is 1.95. The van der Waals surface area contributed by atoms with Crippen molar-refractivity contribution in [3.63, 3.8) is 0 Å². The third-order valence-corrected chi connectivity index (χ3v) is 5.45. The molecule has 2 aromatic heterocycles. The van der Waals surface area contributed by atoms with Crippen LogP contribution in [0.1, 0.15) is 51.8 Å². The Bertz CT molecular complexity index is 646. The molecule has 0 aliphatic carbocycles. The van der Waals surface area contributed by atoms with E-state index in [1.54, 1.807) is 11.3 Å². The Morgan fingerprint density at radius 1 is 1.17 bits per heavy atom. The first-order chi connectivity index (χ1) is 11.2. The van der Waals surface area contributed by atoms with Gasteiger partial charge in [0.1, 0.15) is 4.88 Å². The highest BCUT2D eigenvalue weighted by Crippen LogP contribution is 2.23. The number of nitrogens with zero attached hydrogens (tertiary/aromatic N) is 3. The molecule has 2 aromatic rings. The van der Waals surface area contributed by atoms with Crippen molar-refractivity contribution in [2.45, 2.75) is 45.4 Å². The van der Waals surface area contributed by atoms with E-state index in [9.17, 15) is 4.79 Å². The number of likely N-dealkylation sites (tertiary alicyclic amines) is 1. The maximum Gasteiger partial charge on any atom is 0.265 e. The molecular weight excluding hydrogens is 306 g/mol. The van der Waals surface area contributed by atoms with Crippen LogP contribution in [0.2, 0.25) is 0 Å². The first-order valence-electron chi connectivity index (χ1n) is 8.39. The predicted octanol–water partition coefficient (Wildman–Crippen LogP) is 3.65. The standard InChI is InChI=1S/C18H23N3OS/c1-14-17(18(22)21-12-6-2-3-7-13-21)23-16(20-14)10-9-15-8-4-5-11-19-15/h4-5,8,11H,2-3,6-7,9-10,12-13H2,1H3. The molecule has 0 atom stereocenters. The summed E-state index contributed by atoms with van der Waals surface area (Å²) in [5.74, 6) is 0.172. The van der Waals surface area contributed by atoms with Crippen LogP contribution < -0.4 is 0 Å². The van der Waals surface area contributed by atoms with Gasteiger partial charge in [-0.3, -0.25) is 9.78 Å². The molecule has 1 amide bonds. The third-order valence-electron chi connectivity index (χ3n) is 4.25. The van der Waals surface area contributed by atoms with Crippen molar-refractivity contribution in [3.8, 4) is 0 Å². The fraction of sp³-hybridized carbons (Fsp3) is 0.500. The quantitative estimate of drug-likeness (QED) is 0.860. The second-order valence-corrected chi connectivity index (χ2v) is 7.13. The van der Waals surface area contributed by atoms with Gasteiger partial charge in [-0.15, -0.1) is 11.3 Å². The SMILES string of the molecule is Cc1nc(CCc2ccccn2)sc1C(=O)N1CCCCCC1. The Morgan fingerprint density at radius 2 is 1.96 bits per heavy atom. The maximum atomic E-state index is 12.7. The van der Waals surface area contributed by atoms with E-state index >= 15 is 0 Å². The van der Waals surface area contributed by atoms with Crippen LogP contribution in [0.25, 0.3) is 0 Å². The Labute approximate surface area is 141 Å². The van der Waals surface area contributed by atoms with Crippen molar-refractivity contribution in [1.82, 2.24) is 14.9 Å². The molecular formula is C18H23N3OS. The van der Waals surface area contributed by atoms with E-state index in [1.165, 1.54) is 12.8 Å². The molecule has 3 rings (SSSR count). The molecule has 5 heteroatoms. The zero-order valence-electron chi connectivity index (χ0n) is 13.6. The van der Waals surface area contributed by atoms with Crippen LogP contribution in [0.3, 0.4) is 0 Å². The van der Waals surface area contributed by atoms with Gasteiger partial charge in [0.2, 0.25) is 0 Å². The van der Waals surface area contributed by atoms with E-state index in [0.29, 0.717) is 0 Å². The number of amides is 1. The molecule has 4 nitrogen and oxygen atoms in total. The number of carbonyl (C=O) groups excluding carboxylic acids is 1. The van der Waals surface area contributed by atoms with Crippen molar-refractivity contribution in [1.29, 1.82) is 0 Å². The van der Waals surface area contributed by atoms with Crippen molar-refractivity contribution in [2.24, 2.45) is 0 Å². The van der Waals surface area contributed by atoms with Crippen molar-refractivity contribution < 1.29 is 4.79 Å². The zero-order chi connectivity index (χ0) is 16.1. The Hall–Kier alpha value is -1.75. The number of aryl methyl sites for hydroxylation is 3. The topological polar surface area (TPSA) is 46.1 Å². The average Bonchev–Trinajstić information content (AvgIpc) is 2.78. The van der Waals surface area contributed by atoms with Crippen LogP contribution in [0.5, 0.6) is 0 Å². The molecule has 23 heavy (non-hydrogen) atoms. The van der Waals surface area contributed by atoms with Crippen LogP contribution in [-0.2, 0) is 12.8 Å². The van der Waals surface area contributed by atoms with Gasteiger partial charge in [0, 0.05) is 31.4 Å². The minimum Gasteiger partial charge on any atom is -0.338 e. The minimum absolute atomic E-state index is 0.172. The van der Waals surface area contributed by atoms with Crippen LogP contribution in [0.4, 0.5) is 0 Å². The molecule has 0 bridgehead atoms. The lowest BCUT2D eigenvalue weighted by molar-refractivity contribution is 0.0765. The van der Waals surface area contributed by atoms with E-state index in [2.05, 4.69) is 9.97 Å². The van der Waals surface area contributed by atoms with Crippen LogP contribution in [0, 0.1) is 6.92 Å². The van der Waals surface area contributed by atoms with E-state index < -0.39 is 0 Å². The zero-order valence-corrected chi connectivity index (χ0v) is 14.4. The molecule has 1 fully saturated rings. The molecule has 1 aliphatic rings. The van der Waals surface area contributed by atoms with Crippen LogP contribution >= 0.6 is 11.3 Å². The monoisotopic (exact) mass is 329 g/mol. The molecule has 1 aliphatic heterocycles. The van der Waals surface area contributed by atoms with Gasteiger partial charge in [0.25, 0.3) is 5.91 Å². The summed E-state index contributed by atoms with van der Waals surface area (Å²) in [5, 5.41) is 1.03. The van der Waals surface area contributed by atoms with Gasteiger partial charge in [-0.25, -0.2) is 4.98 Å². The summed E-state index contributed by atoms with van der Waals surface area (Å²) in [7, 11) is 0. The van der Waals surface area contributed by atoms with Gasteiger partial charge in [-0.05, 0) is 38.3 Å². The Morgan fingerprint density at radius 3 is 2.65 bits per heavy atom. The largest absolute Gasteiger partial charge is 0.338 e. The fourth-order valence-electron chi connectivity index (χ4n) is 2.96. The van der Waals surface area contributed by atoms with Gasteiger partial charge in [0.05, 0.1) is 10.7 Å². The lowest BCUT2D eigenvalue weighted by Gasteiger charge is -2.19. The van der Waals surface area contributed by atoms with Gasteiger partial charge < -0.3 is 4.90 Å². The lowest BCUT2D eigenvalue weighted by Crippen LogP contribution is -2.31. The van der Waals surface area contributed by atoms with Crippen molar-refractivity contribution in [3.05, 3.63) is 45.7 Å². The fourth-order valence-corrected chi connectivity index (χ4v) is 3.99. The van der Waals surface area contributed by atoms with Gasteiger partial charge >= 0.3 is 0 Å². The molecule has 0 N–H and O–H groups in total. The highest BCUT2D eigenvalue weighted by Gasteiger charge is 2.22. The highest BCUT2D eigenvalue weighted by molar-refractivity contribution is 7.13. The molecule has 3 heterocycles. The van der Waals surface area contributed by atoms with Gasteiger partial charge in [-0.1, -0.05) is 18.9 Å². The smallest absolute Gasteiger partial charge is 0.265 e. The molecule has 0 saturated carbocycles. The molecule has 122 valence electrons. The summed E-state index contributed by atoms with van der Waals surface area (Å²) in [6, 6.07) is 5.96. The lowest BCUT2D eigenvalue weighted by atomic mass is 10.2. The first kappa shape index (κ1) is 16.1. The van der Waals surface area contributed by atoms with Crippen LogP contribution in [-0.4, -0.2) is 33.9 Å². The van der Waals surface area contributed by atoms with E-state index in [0.717, 1.165) is 60.0 Å². The summed E-state index contributed by atoms with van der Waals surface area (Å²) >= 11 is 1.56. The summed E-state index contributed by atoms with van der Waals surface area (Å²) in [4.78, 5) is 24.5. The van der Waals surface area contributed by atoms with Crippen LogP contribution in [0.15, 0.2) is 24.4 Å². The summed E-state index contributed by atoms with van der Waals surface area (Å²) < 4.78 is 0. The number of rotatable bonds is 4. The second kappa shape index (κ2) is 7.68. The number of carbonyl (C=O) groups is 1. The molecule has 0 radical (unpaired) electrons. The maximum absolute atomic E-state index is 12.7. The molecule has 0 unspecified atom stereocenters. The van der Waals surface area contributed by atoms with Gasteiger partial charge in [-0.2, -0.15) is 0 Å². The molecule has 0 spiro atoms.